The number of rotatable bonds is 6. The SMILES string of the molecule is COCOc1ccccc1-c1cc2c3c([nH]c2nn1)CCN(c1nccc(N2CCN(C(=O)OC(C)(C)C)CC2)n1)[C@@H]3C. The maximum Gasteiger partial charge on any atom is 0.410 e. The number of hydrogen-bond acceptors (Lipinski definition) is 10. The normalized spacial score (nSPS) is 17.2. The van der Waals surface area contributed by atoms with E-state index in [0.29, 0.717) is 37.9 Å². The lowest BCUT2D eigenvalue weighted by Crippen LogP contribution is -2.50. The summed E-state index contributed by atoms with van der Waals surface area (Å²) in [6, 6.07) is 11.8. The van der Waals surface area contributed by atoms with E-state index in [0.717, 1.165) is 46.8 Å². The van der Waals surface area contributed by atoms with Gasteiger partial charge in [-0.25, -0.2) is 9.78 Å². The number of aromatic nitrogens is 5. The van der Waals surface area contributed by atoms with Crippen molar-refractivity contribution in [1.82, 2.24) is 30.0 Å². The fourth-order valence-corrected chi connectivity index (χ4v) is 5.75. The van der Waals surface area contributed by atoms with E-state index in [9.17, 15) is 4.79 Å². The first kappa shape index (κ1) is 28.7. The molecule has 0 radical (unpaired) electrons. The number of carbonyl (C=O) groups is 1. The van der Waals surface area contributed by atoms with Gasteiger partial charge in [-0.2, -0.15) is 4.98 Å². The summed E-state index contributed by atoms with van der Waals surface area (Å²) in [7, 11) is 1.60. The molecule has 1 amide bonds. The van der Waals surface area contributed by atoms with Crippen LogP contribution in [0.4, 0.5) is 16.6 Å². The quantitative estimate of drug-likeness (QED) is 0.321. The Kier molecular flexibility index (Phi) is 7.78. The second-order valence-electron chi connectivity index (χ2n) is 11.8. The molecule has 1 aromatic carbocycles. The molecule has 0 saturated carbocycles. The van der Waals surface area contributed by atoms with Crippen LogP contribution in [-0.4, -0.2) is 88.4 Å². The van der Waals surface area contributed by atoms with E-state index >= 15 is 0 Å². The third-order valence-corrected chi connectivity index (χ3v) is 7.80. The van der Waals surface area contributed by atoms with Crippen LogP contribution in [0.3, 0.4) is 0 Å². The monoisotopic (exact) mass is 586 g/mol. The molecule has 0 spiro atoms. The first-order valence-electron chi connectivity index (χ1n) is 14.6. The molecule has 1 saturated heterocycles. The molecule has 1 atom stereocenters. The summed E-state index contributed by atoms with van der Waals surface area (Å²) < 4.78 is 16.4. The van der Waals surface area contributed by atoms with Gasteiger partial charge in [-0.3, -0.25) is 0 Å². The zero-order chi connectivity index (χ0) is 30.1. The molecule has 43 heavy (non-hydrogen) atoms. The van der Waals surface area contributed by atoms with Crippen LogP contribution in [0.1, 0.15) is 45.0 Å². The number of nitrogens with one attached hydrogen (secondary N) is 1. The van der Waals surface area contributed by atoms with Gasteiger partial charge in [0.1, 0.15) is 17.2 Å². The average molecular weight is 587 g/mol. The first-order chi connectivity index (χ1) is 20.7. The number of hydrogen-bond donors (Lipinski definition) is 1. The van der Waals surface area contributed by atoms with Gasteiger partial charge in [0.15, 0.2) is 12.4 Å². The molecule has 12 nitrogen and oxygen atoms in total. The highest BCUT2D eigenvalue weighted by Crippen LogP contribution is 2.38. The second kappa shape index (κ2) is 11.7. The maximum absolute atomic E-state index is 12.5. The number of carbonyl (C=O) groups excluding carboxylic acids is 1. The highest BCUT2D eigenvalue weighted by Gasteiger charge is 2.31. The van der Waals surface area contributed by atoms with Crippen LogP contribution in [0.2, 0.25) is 0 Å². The van der Waals surface area contributed by atoms with E-state index in [1.54, 1.807) is 12.0 Å². The number of amides is 1. The molecule has 2 aliphatic rings. The Balaban J connectivity index is 1.23. The highest BCUT2D eigenvalue weighted by molar-refractivity contribution is 5.86. The van der Waals surface area contributed by atoms with Crippen molar-refractivity contribution >= 4 is 28.9 Å². The highest BCUT2D eigenvalue weighted by atomic mass is 16.7. The van der Waals surface area contributed by atoms with E-state index < -0.39 is 5.60 Å². The van der Waals surface area contributed by atoms with Gasteiger partial charge in [-0.1, -0.05) is 12.1 Å². The Hall–Kier alpha value is -4.45. The molecule has 5 heterocycles. The minimum absolute atomic E-state index is 0.00815. The Morgan fingerprint density at radius 3 is 2.63 bits per heavy atom. The van der Waals surface area contributed by atoms with Crippen LogP contribution in [0, 0.1) is 0 Å². The summed E-state index contributed by atoms with van der Waals surface area (Å²) >= 11 is 0. The minimum Gasteiger partial charge on any atom is -0.467 e. The second-order valence-corrected chi connectivity index (χ2v) is 11.8. The first-order valence-corrected chi connectivity index (χ1v) is 14.6. The summed E-state index contributed by atoms with van der Waals surface area (Å²) in [6.45, 7) is 11.3. The molecule has 6 rings (SSSR count). The van der Waals surface area contributed by atoms with Gasteiger partial charge in [0.25, 0.3) is 0 Å². The van der Waals surface area contributed by atoms with Crippen molar-refractivity contribution < 1.29 is 19.0 Å². The zero-order valence-corrected chi connectivity index (χ0v) is 25.3. The van der Waals surface area contributed by atoms with Crippen molar-refractivity contribution in [2.24, 2.45) is 0 Å². The smallest absolute Gasteiger partial charge is 0.410 e. The van der Waals surface area contributed by atoms with Crippen molar-refractivity contribution in [3.63, 3.8) is 0 Å². The van der Waals surface area contributed by atoms with E-state index in [1.807, 2.05) is 57.3 Å². The topological polar surface area (TPSA) is 122 Å². The standard InChI is InChI=1S/C31H38N8O4/c1-20-27-22-18-24(21-8-6-7-9-25(21)42-19-41-5)35-36-28(22)33-23(27)11-13-39(20)29-32-12-10-26(34-29)37-14-16-38(17-15-37)30(40)43-31(2,3)4/h6-10,12,18,20H,11,13-17,19H2,1-5H3,(H,33,36)/t20-/m1/s1. The third-order valence-electron chi connectivity index (χ3n) is 7.80. The Bertz CT molecular complexity index is 1610. The summed E-state index contributed by atoms with van der Waals surface area (Å²) in [5, 5.41) is 10.1. The van der Waals surface area contributed by atoms with Crippen LogP contribution in [0.25, 0.3) is 22.3 Å². The van der Waals surface area contributed by atoms with Gasteiger partial charge in [-0.05, 0) is 52.0 Å². The number of nitrogens with zero attached hydrogens (tertiary/aromatic N) is 7. The molecule has 3 aromatic heterocycles. The molecule has 12 heteroatoms. The van der Waals surface area contributed by atoms with Gasteiger partial charge in [0.05, 0.1) is 11.7 Å². The molecule has 226 valence electrons. The number of fused-ring (bicyclic) bond motifs is 3. The van der Waals surface area contributed by atoms with Crippen LogP contribution >= 0.6 is 0 Å². The van der Waals surface area contributed by atoms with Crippen molar-refractivity contribution in [2.45, 2.75) is 45.8 Å². The molecule has 4 aromatic rings. The molecular weight excluding hydrogens is 548 g/mol. The number of piperazine rings is 1. The Morgan fingerprint density at radius 2 is 1.86 bits per heavy atom. The molecule has 1 fully saturated rings. The van der Waals surface area contributed by atoms with Gasteiger partial charge in [-0.15, -0.1) is 10.2 Å². The molecule has 1 N–H and O–H groups in total. The summed E-state index contributed by atoms with van der Waals surface area (Å²) in [4.78, 5) is 31.9. The molecule has 0 unspecified atom stereocenters. The van der Waals surface area contributed by atoms with Gasteiger partial charge >= 0.3 is 6.09 Å². The largest absolute Gasteiger partial charge is 0.467 e. The maximum atomic E-state index is 12.5. The van der Waals surface area contributed by atoms with Gasteiger partial charge in [0, 0.05) is 74.7 Å². The third kappa shape index (κ3) is 5.92. The van der Waals surface area contributed by atoms with E-state index in [1.165, 1.54) is 5.56 Å². The Labute approximate surface area is 251 Å². The lowest BCUT2D eigenvalue weighted by molar-refractivity contribution is 0.0240. The molecule has 0 aliphatic carbocycles. The predicted octanol–water partition coefficient (Wildman–Crippen LogP) is 4.58. The number of methoxy groups -OCH3 is 1. The number of aromatic amines is 1. The predicted molar refractivity (Wildman–Crippen MR) is 163 cm³/mol. The van der Waals surface area contributed by atoms with Crippen molar-refractivity contribution in [3.05, 3.63) is 53.9 Å². The van der Waals surface area contributed by atoms with E-state index in [2.05, 4.69) is 43.0 Å². The Morgan fingerprint density at radius 1 is 1.07 bits per heavy atom. The van der Waals surface area contributed by atoms with E-state index in [4.69, 9.17) is 19.2 Å². The number of benzene rings is 1. The van der Waals surface area contributed by atoms with Gasteiger partial charge in [0.2, 0.25) is 5.95 Å². The van der Waals surface area contributed by atoms with Gasteiger partial charge < -0.3 is 33.9 Å². The van der Waals surface area contributed by atoms with E-state index in [-0.39, 0.29) is 18.9 Å². The fraction of sp³-hybridized carbons (Fsp3) is 0.452. The molecule has 2 aliphatic heterocycles. The lowest BCUT2D eigenvalue weighted by atomic mass is 9.97. The number of ether oxygens (including phenoxy) is 3. The fourth-order valence-electron chi connectivity index (χ4n) is 5.75. The zero-order valence-electron chi connectivity index (χ0n) is 25.3. The lowest BCUT2D eigenvalue weighted by Gasteiger charge is -2.37. The van der Waals surface area contributed by atoms with Crippen molar-refractivity contribution in [3.8, 4) is 17.0 Å². The minimum atomic E-state index is -0.511. The number of para-hydroxylation sites is 1. The average Bonchev–Trinajstić information content (AvgIpc) is 3.38. The van der Waals surface area contributed by atoms with Crippen LogP contribution < -0.4 is 14.5 Å². The molecular formula is C31H38N8O4. The van der Waals surface area contributed by atoms with Crippen LogP contribution in [0.15, 0.2) is 42.6 Å². The molecule has 0 bridgehead atoms. The van der Waals surface area contributed by atoms with Crippen molar-refractivity contribution in [1.29, 1.82) is 0 Å². The van der Waals surface area contributed by atoms with Crippen LogP contribution in [0.5, 0.6) is 5.75 Å². The number of anilines is 2. The summed E-state index contributed by atoms with van der Waals surface area (Å²) in [5.74, 6) is 2.22. The summed E-state index contributed by atoms with van der Waals surface area (Å²) in [6.07, 6.45) is 2.35. The van der Waals surface area contributed by atoms with Crippen molar-refractivity contribution in [2.75, 3.05) is 56.4 Å². The van der Waals surface area contributed by atoms with Crippen LogP contribution in [-0.2, 0) is 15.9 Å². The summed E-state index contributed by atoms with van der Waals surface area (Å²) in [5.41, 5.74) is 4.16. The number of H-pyrrole nitrogens is 1.